The first-order valence-corrected chi connectivity index (χ1v) is 6.85. The van der Waals surface area contributed by atoms with Crippen molar-refractivity contribution in [2.45, 2.75) is 26.7 Å². The topological polar surface area (TPSA) is 84.2 Å². The molecule has 1 rings (SSSR count). The van der Waals surface area contributed by atoms with E-state index in [0.717, 1.165) is 16.5 Å². The molecule has 4 N–H and O–H groups in total. The molecule has 0 bridgehead atoms. The highest BCUT2D eigenvalue weighted by Crippen LogP contribution is 2.27. The van der Waals surface area contributed by atoms with E-state index in [1.165, 1.54) is 0 Å². The lowest BCUT2D eigenvalue weighted by Crippen LogP contribution is -2.32. The summed E-state index contributed by atoms with van der Waals surface area (Å²) in [4.78, 5) is 23.0. The molecular weight excluding hydrogens is 310 g/mol. The molecule has 0 aliphatic carbocycles. The minimum Gasteiger partial charge on any atom is -0.397 e. The number of carbonyl (C=O) groups is 2. The number of benzene rings is 1. The third-order valence-corrected chi connectivity index (χ3v) is 3.01. The number of nitrogen functional groups attached to an aromatic ring is 1. The van der Waals surface area contributed by atoms with Gasteiger partial charge < -0.3 is 16.4 Å². The van der Waals surface area contributed by atoms with Crippen molar-refractivity contribution >= 4 is 39.1 Å². The number of nitrogens with one attached hydrogen (secondary N) is 2. The first kappa shape index (κ1) is 15.5. The Bertz CT molecular complexity index is 489. The van der Waals surface area contributed by atoms with Crippen LogP contribution < -0.4 is 16.4 Å². The maximum atomic E-state index is 11.7. The fourth-order valence-electron chi connectivity index (χ4n) is 1.55. The van der Waals surface area contributed by atoms with Crippen LogP contribution in [0.4, 0.5) is 11.4 Å². The van der Waals surface area contributed by atoms with Crippen LogP contribution in [0.25, 0.3) is 0 Å². The van der Waals surface area contributed by atoms with Crippen molar-refractivity contribution in [1.82, 2.24) is 5.32 Å². The van der Waals surface area contributed by atoms with Gasteiger partial charge in [-0.3, -0.25) is 9.59 Å². The molecule has 5 nitrogen and oxygen atoms in total. The van der Waals surface area contributed by atoms with Crippen LogP contribution in [0.1, 0.15) is 25.3 Å². The third kappa shape index (κ3) is 4.90. The van der Waals surface area contributed by atoms with E-state index in [4.69, 9.17) is 5.73 Å². The number of amides is 2. The van der Waals surface area contributed by atoms with Crippen LogP contribution in [-0.4, -0.2) is 18.4 Å². The van der Waals surface area contributed by atoms with E-state index in [1.54, 1.807) is 6.07 Å². The second kappa shape index (κ2) is 7.13. The molecule has 0 heterocycles. The summed E-state index contributed by atoms with van der Waals surface area (Å²) in [6.45, 7) is 3.72. The van der Waals surface area contributed by atoms with Gasteiger partial charge in [0.2, 0.25) is 11.8 Å². The molecule has 0 fully saturated rings. The fraction of sp³-hybridized carbons (Fsp3) is 0.385. The van der Waals surface area contributed by atoms with Crippen LogP contribution in [0.15, 0.2) is 16.6 Å². The first-order chi connectivity index (χ1) is 8.93. The SMILES string of the molecule is CCCC(=O)NCC(=O)Nc1cc(Br)cc(C)c1N. The average molecular weight is 328 g/mol. The van der Waals surface area contributed by atoms with Crippen LogP contribution in [0, 0.1) is 6.92 Å². The summed E-state index contributed by atoms with van der Waals surface area (Å²) in [5.41, 5.74) is 7.82. The van der Waals surface area contributed by atoms with Crippen molar-refractivity contribution in [2.24, 2.45) is 0 Å². The lowest BCUT2D eigenvalue weighted by Gasteiger charge is -2.11. The Morgan fingerprint density at radius 1 is 1.32 bits per heavy atom. The zero-order chi connectivity index (χ0) is 14.4. The summed E-state index contributed by atoms with van der Waals surface area (Å²) in [6.07, 6.45) is 1.18. The molecule has 0 atom stereocenters. The van der Waals surface area contributed by atoms with Crippen LogP contribution in [0.2, 0.25) is 0 Å². The predicted octanol–water partition coefficient (Wildman–Crippen LogP) is 2.19. The van der Waals surface area contributed by atoms with Crippen LogP contribution >= 0.6 is 15.9 Å². The predicted molar refractivity (Wildman–Crippen MR) is 79.8 cm³/mol. The summed E-state index contributed by atoms with van der Waals surface area (Å²) >= 11 is 3.34. The molecule has 6 heteroatoms. The average Bonchev–Trinajstić information content (AvgIpc) is 2.33. The Morgan fingerprint density at radius 2 is 2.00 bits per heavy atom. The highest BCUT2D eigenvalue weighted by atomic mass is 79.9. The largest absolute Gasteiger partial charge is 0.397 e. The van der Waals surface area contributed by atoms with Gasteiger partial charge in [-0.2, -0.15) is 0 Å². The first-order valence-electron chi connectivity index (χ1n) is 6.06. The van der Waals surface area contributed by atoms with Gasteiger partial charge in [0.15, 0.2) is 0 Å². The van der Waals surface area contributed by atoms with Gasteiger partial charge in [0.25, 0.3) is 0 Å². The lowest BCUT2D eigenvalue weighted by molar-refractivity contribution is -0.124. The fourth-order valence-corrected chi connectivity index (χ4v) is 2.12. The molecule has 1 aromatic carbocycles. The number of hydrogen-bond donors (Lipinski definition) is 3. The van der Waals surface area contributed by atoms with Crippen LogP contribution in [-0.2, 0) is 9.59 Å². The van der Waals surface area contributed by atoms with Crippen LogP contribution in [0.5, 0.6) is 0 Å². The van der Waals surface area contributed by atoms with Crippen molar-refractivity contribution in [3.05, 3.63) is 22.2 Å². The Hall–Kier alpha value is -1.56. The molecule has 0 aliphatic heterocycles. The maximum Gasteiger partial charge on any atom is 0.243 e. The second-order valence-corrected chi connectivity index (χ2v) is 5.17. The number of halogens is 1. The molecule has 19 heavy (non-hydrogen) atoms. The molecule has 0 spiro atoms. The Balaban J connectivity index is 2.60. The molecule has 104 valence electrons. The van der Waals surface area contributed by atoms with Gasteiger partial charge in [-0.15, -0.1) is 0 Å². The number of hydrogen-bond acceptors (Lipinski definition) is 3. The third-order valence-electron chi connectivity index (χ3n) is 2.55. The zero-order valence-electron chi connectivity index (χ0n) is 11.0. The molecule has 1 aromatic rings. The molecule has 0 aliphatic rings. The molecule has 0 saturated heterocycles. The van der Waals surface area contributed by atoms with Gasteiger partial charge in [0.05, 0.1) is 17.9 Å². The van der Waals surface area contributed by atoms with E-state index in [9.17, 15) is 9.59 Å². The van der Waals surface area contributed by atoms with Crippen molar-refractivity contribution in [3.63, 3.8) is 0 Å². The molecule has 0 radical (unpaired) electrons. The monoisotopic (exact) mass is 327 g/mol. The zero-order valence-corrected chi connectivity index (χ0v) is 12.6. The van der Waals surface area contributed by atoms with Crippen molar-refractivity contribution < 1.29 is 9.59 Å². The standard InChI is InChI=1S/C13H18BrN3O2/c1-3-4-11(18)16-7-12(19)17-10-6-9(14)5-8(2)13(10)15/h5-6H,3-4,7,15H2,1-2H3,(H,16,18)(H,17,19). The number of aryl methyl sites for hydroxylation is 1. The summed E-state index contributed by atoms with van der Waals surface area (Å²) in [5.74, 6) is -0.426. The normalized spacial score (nSPS) is 10.1. The minimum absolute atomic E-state index is 0.0518. The Morgan fingerprint density at radius 3 is 2.63 bits per heavy atom. The van der Waals surface area contributed by atoms with Crippen molar-refractivity contribution in [1.29, 1.82) is 0 Å². The number of rotatable bonds is 5. The van der Waals surface area contributed by atoms with E-state index < -0.39 is 0 Å². The minimum atomic E-state index is -0.298. The van der Waals surface area contributed by atoms with Gasteiger partial charge in [0.1, 0.15) is 0 Å². The molecule has 2 amide bonds. The van der Waals surface area contributed by atoms with Gasteiger partial charge in [-0.1, -0.05) is 22.9 Å². The van der Waals surface area contributed by atoms with Gasteiger partial charge >= 0.3 is 0 Å². The molecule has 0 saturated carbocycles. The van der Waals surface area contributed by atoms with E-state index in [2.05, 4.69) is 26.6 Å². The summed E-state index contributed by atoms with van der Waals surface area (Å²) in [7, 11) is 0. The van der Waals surface area contributed by atoms with E-state index in [1.807, 2.05) is 19.9 Å². The Kier molecular flexibility index (Phi) is 5.82. The summed E-state index contributed by atoms with van der Waals surface area (Å²) in [6, 6.07) is 3.60. The van der Waals surface area contributed by atoms with Crippen LogP contribution in [0.3, 0.4) is 0 Å². The van der Waals surface area contributed by atoms with E-state index in [-0.39, 0.29) is 18.4 Å². The number of nitrogens with two attached hydrogens (primary N) is 1. The van der Waals surface area contributed by atoms with E-state index >= 15 is 0 Å². The summed E-state index contributed by atoms with van der Waals surface area (Å²) < 4.78 is 0.838. The smallest absolute Gasteiger partial charge is 0.243 e. The van der Waals surface area contributed by atoms with E-state index in [0.29, 0.717) is 17.8 Å². The Labute approximate surface area is 121 Å². The van der Waals surface area contributed by atoms with Crippen molar-refractivity contribution in [3.8, 4) is 0 Å². The van der Waals surface area contributed by atoms with Gasteiger partial charge in [-0.05, 0) is 31.0 Å². The second-order valence-electron chi connectivity index (χ2n) is 4.26. The summed E-state index contributed by atoms with van der Waals surface area (Å²) in [5, 5.41) is 5.23. The lowest BCUT2D eigenvalue weighted by atomic mass is 10.1. The number of carbonyl (C=O) groups excluding carboxylic acids is 2. The van der Waals surface area contributed by atoms with Crippen molar-refractivity contribution in [2.75, 3.05) is 17.6 Å². The number of anilines is 2. The quantitative estimate of drug-likeness (QED) is 0.725. The molecular formula is C13H18BrN3O2. The van der Waals surface area contributed by atoms with Gasteiger partial charge in [-0.25, -0.2) is 0 Å². The highest BCUT2D eigenvalue weighted by Gasteiger charge is 2.09. The molecule has 0 unspecified atom stereocenters. The molecule has 0 aromatic heterocycles. The highest BCUT2D eigenvalue weighted by molar-refractivity contribution is 9.10. The van der Waals surface area contributed by atoms with Gasteiger partial charge in [0, 0.05) is 10.9 Å². The maximum absolute atomic E-state index is 11.7.